The van der Waals surface area contributed by atoms with Crippen molar-refractivity contribution in [3.63, 3.8) is 0 Å². The van der Waals surface area contributed by atoms with E-state index in [0.717, 1.165) is 17.5 Å². The molecule has 0 aliphatic carbocycles. The average Bonchev–Trinajstić information content (AvgIpc) is 2.92. The summed E-state index contributed by atoms with van der Waals surface area (Å²) in [4.78, 5) is 0. The van der Waals surface area contributed by atoms with Crippen molar-refractivity contribution in [2.75, 3.05) is 26.1 Å². The quantitative estimate of drug-likeness (QED) is 0.873. The molecule has 0 radical (unpaired) electrons. The van der Waals surface area contributed by atoms with Gasteiger partial charge in [0.15, 0.2) is 16.4 Å². The van der Waals surface area contributed by atoms with Crippen LogP contribution in [0, 0.1) is 0 Å². The van der Waals surface area contributed by atoms with Crippen LogP contribution in [0.4, 0.5) is 13.2 Å². The number of hydrogen-bond acceptors (Lipinski definition) is 5. The molecule has 3 rings (SSSR count). The monoisotopic (exact) mass is 377 g/mol. The van der Waals surface area contributed by atoms with E-state index in [1.165, 1.54) is 12.1 Å². The molecular formula is C16H18F3NO4S. The summed E-state index contributed by atoms with van der Waals surface area (Å²) < 4.78 is 71.1. The van der Waals surface area contributed by atoms with Crippen molar-refractivity contribution < 1.29 is 31.1 Å². The summed E-state index contributed by atoms with van der Waals surface area (Å²) in [5.41, 5.74) is 2.45. The highest BCUT2D eigenvalue weighted by molar-refractivity contribution is 7.91. The molecule has 138 valence electrons. The van der Waals surface area contributed by atoms with Crippen molar-refractivity contribution in [2.45, 2.75) is 23.9 Å². The molecular weight excluding hydrogens is 359 g/mol. The fraction of sp³-hybridized carbons (Fsp3) is 0.500. The Morgan fingerprint density at radius 2 is 1.96 bits per heavy atom. The lowest BCUT2D eigenvalue weighted by molar-refractivity contribution is -0.153. The number of nitrogens with one attached hydrogen (secondary N) is 1. The first-order chi connectivity index (χ1) is 11.6. The van der Waals surface area contributed by atoms with E-state index in [2.05, 4.69) is 5.32 Å². The molecule has 2 aliphatic heterocycles. The van der Waals surface area contributed by atoms with Gasteiger partial charge in [-0.05, 0) is 23.3 Å². The van der Waals surface area contributed by atoms with Crippen molar-refractivity contribution in [2.24, 2.45) is 0 Å². The molecule has 0 saturated heterocycles. The first kappa shape index (κ1) is 18.1. The van der Waals surface area contributed by atoms with Crippen LogP contribution in [0.15, 0.2) is 35.5 Å². The molecule has 1 aromatic rings. The first-order valence-corrected chi connectivity index (χ1v) is 9.65. The highest BCUT2D eigenvalue weighted by Crippen LogP contribution is 2.40. The summed E-state index contributed by atoms with van der Waals surface area (Å²) in [6.45, 7) is -0.503. The standard InChI is InChI=1S/C16H18F3NO4S/c1-25(21,22)15-14(12-8-23-7-6-13(12)20-15)10-2-4-11(5-3-10)24-9-16(17,18)19/h2-5,14-15,20H,6-9H2,1H3. The van der Waals surface area contributed by atoms with Gasteiger partial charge in [0, 0.05) is 24.3 Å². The molecule has 0 aromatic heterocycles. The molecule has 0 bridgehead atoms. The lowest BCUT2D eigenvalue weighted by Gasteiger charge is -2.22. The second-order valence-electron chi connectivity index (χ2n) is 6.15. The minimum atomic E-state index is -4.41. The number of ether oxygens (including phenoxy) is 2. The van der Waals surface area contributed by atoms with Gasteiger partial charge in [-0.3, -0.25) is 0 Å². The van der Waals surface area contributed by atoms with Gasteiger partial charge in [0.25, 0.3) is 0 Å². The van der Waals surface area contributed by atoms with Crippen LogP contribution in [-0.4, -0.2) is 46.0 Å². The zero-order valence-electron chi connectivity index (χ0n) is 13.5. The summed E-state index contributed by atoms with van der Waals surface area (Å²) in [5.74, 6) is -0.348. The zero-order valence-corrected chi connectivity index (χ0v) is 14.3. The van der Waals surface area contributed by atoms with Gasteiger partial charge in [-0.1, -0.05) is 12.1 Å². The third kappa shape index (κ3) is 4.09. The highest BCUT2D eigenvalue weighted by atomic mass is 32.2. The number of hydrogen-bond donors (Lipinski definition) is 1. The molecule has 2 aliphatic rings. The van der Waals surface area contributed by atoms with Gasteiger partial charge in [0.1, 0.15) is 11.1 Å². The van der Waals surface area contributed by atoms with Crippen molar-refractivity contribution >= 4 is 9.84 Å². The van der Waals surface area contributed by atoms with Crippen LogP contribution in [0.1, 0.15) is 17.9 Å². The van der Waals surface area contributed by atoms with E-state index in [0.29, 0.717) is 25.2 Å². The molecule has 2 heterocycles. The smallest absolute Gasteiger partial charge is 0.422 e. The minimum absolute atomic E-state index is 0.0806. The normalized spacial score (nSPS) is 24.0. The van der Waals surface area contributed by atoms with Crippen molar-refractivity contribution in [3.05, 3.63) is 41.1 Å². The van der Waals surface area contributed by atoms with Crippen LogP contribution in [0.3, 0.4) is 0 Å². The fourth-order valence-corrected chi connectivity index (χ4v) is 4.32. The number of sulfone groups is 1. The van der Waals surface area contributed by atoms with Gasteiger partial charge in [-0.2, -0.15) is 13.2 Å². The number of halogens is 3. The van der Waals surface area contributed by atoms with Crippen molar-refractivity contribution in [1.29, 1.82) is 0 Å². The van der Waals surface area contributed by atoms with Gasteiger partial charge in [-0.25, -0.2) is 8.42 Å². The van der Waals surface area contributed by atoms with Gasteiger partial charge in [-0.15, -0.1) is 0 Å². The molecule has 1 N–H and O–H groups in total. The first-order valence-electron chi connectivity index (χ1n) is 7.70. The van der Waals surface area contributed by atoms with Gasteiger partial charge in [0.05, 0.1) is 13.2 Å². The second kappa shape index (κ2) is 6.53. The number of alkyl halides is 3. The largest absolute Gasteiger partial charge is 0.484 e. The van der Waals surface area contributed by atoms with E-state index in [4.69, 9.17) is 9.47 Å². The summed E-state index contributed by atoms with van der Waals surface area (Å²) in [7, 11) is -3.39. The lowest BCUT2D eigenvalue weighted by Crippen LogP contribution is -2.35. The third-order valence-corrected chi connectivity index (χ3v) is 5.55. The van der Waals surface area contributed by atoms with Crippen molar-refractivity contribution in [1.82, 2.24) is 5.32 Å². The Morgan fingerprint density at radius 3 is 2.56 bits per heavy atom. The van der Waals surface area contributed by atoms with E-state index in [1.54, 1.807) is 12.1 Å². The van der Waals surface area contributed by atoms with E-state index in [9.17, 15) is 21.6 Å². The Hall–Kier alpha value is -1.74. The predicted molar refractivity (Wildman–Crippen MR) is 85.0 cm³/mol. The van der Waals surface area contributed by atoms with E-state index in [-0.39, 0.29) is 5.75 Å². The van der Waals surface area contributed by atoms with Crippen LogP contribution >= 0.6 is 0 Å². The summed E-state index contributed by atoms with van der Waals surface area (Å²) >= 11 is 0. The maximum atomic E-state index is 12.2. The Kier molecular flexibility index (Phi) is 4.72. The Labute approximate surface area is 143 Å². The predicted octanol–water partition coefficient (Wildman–Crippen LogP) is 2.36. The molecule has 5 nitrogen and oxygen atoms in total. The Morgan fingerprint density at radius 1 is 1.28 bits per heavy atom. The summed E-state index contributed by atoms with van der Waals surface area (Å²) in [6, 6.07) is 6.03. The molecule has 25 heavy (non-hydrogen) atoms. The van der Waals surface area contributed by atoms with Crippen LogP contribution in [0.5, 0.6) is 5.75 Å². The van der Waals surface area contributed by atoms with Crippen LogP contribution in [0.2, 0.25) is 0 Å². The molecule has 1 aromatic carbocycles. The van der Waals surface area contributed by atoms with E-state index in [1.807, 2.05) is 0 Å². The van der Waals surface area contributed by atoms with Crippen molar-refractivity contribution in [3.8, 4) is 5.75 Å². The molecule has 9 heteroatoms. The maximum Gasteiger partial charge on any atom is 0.422 e. The lowest BCUT2D eigenvalue weighted by atomic mass is 9.91. The molecule has 2 unspecified atom stereocenters. The van der Waals surface area contributed by atoms with Gasteiger partial charge in [0.2, 0.25) is 0 Å². The van der Waals surface area contributed by atoms with E-state index >= 15 is 0 Å². The highest BCUT2D eigenvalue weighted by Gasteiger charge is 2.42. The minimum Gasteiger partial charge on any atom is -0.484 e. The Bertz CT molecular complexity index is 772. The third-order valence-electron chi connectivity index (χ3n) is 4.24. The molecule has 0 fully saturated rings. The summed E-state index contributed by atoms with van der Waals surface area (Å²) in [6.07, 6.45) is -2.63. The van der Waals surface area contributed by atoms with E-state index < -0.39 is 33.9 Å². The molecule has 0 amide bonds. The number of benzene rings is 1. The molecule has 0 spiro atoms. The summed E-state index contributed by atoms with van der Waals surface area (Å²) in [5, 5.41) is 2.27. The second-order valence-corrected chi connectivity index (χ2v) is 8.32. The molecule has 0 saturated carbocycles. The van der Waals surface area contributed by atoms with Gasteiger partial charge < -0.3 is 14.8 Å². The molecule has 2 atom stereocenters. The van der Waals surface area contributed by atoms with Crippen LogP contribution in [-0.2, 0) is 14.6 Å². The maximum absolute atomic E-state index is 12.2. The zero-order chi connectivity index (χ0) is 18.2. The average molecular weight is 377 g/mol. The Balaban J connectivity index is 1.86. The topological polar surface area (TPSA) is 64.6 Å². The fourth-order valence-electron chi connectivity index (χ4n) is 3.15. The van der Waals surface area contributed by atoms with Gasteiger partial charge >= 0.3 is 6.18 Å². The van der Waals surface area contributed by atoms with Crippen LogP contribution < -0.4 is 10.1 Å². The number of rotatable bonds is 4. The SMILES string of the molecule is CS(=O)(=O)C1NC2=C(COCC2)C1c1ccc(OCC(F)(F)F)cc1. The van der Waals surface area contributed by atoms with Crippen LogP contribution in [0.25, 0.3) is 0 Å².